The molecular formula is C19H19ClN4O2. The van der Waals surface area contributed by atoms with Crippen molar-refractivity contribution in [2.45, 2.75) is 24.1 Å². The molecule has 1 saturated carbocycles. The monoisotopic (exact) mass is 370 g/mol. The molecule has 134 valence electrons. The first kappa shape index (κ1) is 16.8. The minimum absolute atomic E-state index is 0.204. The molecule has 3 aromatic rings. The Morgan fingerprint density at radius 3 is 2.88 bits per heavy atom. The van der Waals surface area contributed by atoms with E-state index < -0.39 is 0 Å². The van der Waals surface area contributed by atoms with Gasteiger partial charge in [0.1, 0.15) is 0 Å². The average molecular weight is 371 g/mol. The highest BCUT2D eigenvalue weighted by Gasteiger charge is 2.45. The molecule has 0 spiro atoms. The molecule has 2 aromatic heterocycles. The molecule has 0 radical (unpaired) electrons. The fourth-order valence-corrected chi connectivity index (χ4v) is 3.65. The van der Waals surface area contributed by atoms with Crippen LogP contribution in [0.5, 0.6) is 0 Å². The summed E-state index contributed by atoms with van der Waals surface area (Å²) in [6, 6.07) is 9.83. The van der Waals surface area contributed by atoms with E-state index in [0.717, 1.165) is 29.1 Å². The molecule has 4 rings (SSSR count). The van der Waals surface area contributed by atoms with Crippen molar-refractivity contribution in [3.8, 4) is 5.69 Å². The summed E-state index contributed by atoms with van der Waals surface area (Å²) in [5.74, 6) is 0.587. The highest BCUT2D eigenvalue weighted by Crippen LogP contribution is 2.55. The first-order valence-electron chi connectivity index (χ1n) is 8.43. The summed E-state index contributed by atoms with van der Waals surface area (Å²) < 4.78 is 8.75. The number of nitrogens with zero attached hydrogens (tertiary/aromatic N) is 4. The summed E-state index contributed by atoms with van der Waals surface area (Å²) in [6.07, 6.45) is 4.78. The Kier molecular flexibility index (Phi) is 4.28. The van der Waals surface area contributed by atoms with Crippen LogP contribution in [0.3, 0.4) is 0 Å². The maximum atomic E-state index is 12.3. The Bertz CT molecular complexity index is 962. The van der Waals surface area contributed by atoms with Crippen LogP contribution in [0.25, 0.3) is 5.69 Å². The topological polar surface area (TPSA) is 61.9 Å². The van der Waals surface area contributed by atoms with Gasteiger partial charge >= 0.3 is 5.97 Å². The largest absolute Gasteiger partial charge is 0.465 e. The van der Waals surface area contributed by atoms with Crippen LogP contribution in [0.15, 0.2) is 42.7 Å². The zero-order chi connectivity index (χ0) is 18.3. The van der Waals surface area contributed by atoms with E-state index >= 15 is 0 Å². The summed E-state index contributed by atoms with van der Waals surface area (Å²) in [4.78, 5) is 12.3. The summed E-state index contributed by atoms with van der Waals surface area (Å²) in [7, 11) is 3.26. The van der Waals surface area contributed by atoms with E-state index in [1.807, 2.05) is 49.8 Å². The minimum Gasteiger partial charge on any atom is -0.465 e. The van der Waals surface area contributed by atoms with Crippen molar-refractivity contribution in [1.29, 1.82) is 0 Å². The van der Waals surface area contributed by atoms with Crippen molar-refractivity contribution in [2.24, 2.45) is 7.05 Å². The summed E-state index contributed by atoms with van der Waals surface area (Å²) in [5.41, 5.74) is 4.53. The molecule has 2 heterocycles. The standard InChI is InChI=1S/C19H19ClN4O2/c1-23-11-17(21-22-23)15-9-16(15)18-14(19(25)26-2)6-7-24(18)13-5-3-4-12(8-13)10-20/h3-8,11,15-16H,9-10H2,1-2H3/t15-,16-/m1/s1. The van der Waals surface area contributed by atoms with E-state index in [1.165, 1.54) is 7.11 Å². The van der Waals surface area contributed by atoms with Crippen molar-refractivity contribution in [2.75, 3.05) is 7.11 Å². The first-order valence-corrected chi connectivity index (χ1v) is 8.97. The van der Waals surface area contributed by atoms with Gasteiger partial charge in [-0.2, -0.15) is 0 Å². The number of benzene rings is 1. The summed E-state index contributed by atoms with van der Waals surface area (Å²) >= 11 is 5.98. The predicted molar refractivity (Wildman–Crippen MR) is 97.8 cm³/mol. The predicted octanol–water partition coefficient (Wildman–Crippen LogP) is 3.40. The Morgan fingerprint density at radius 2 is 2.19 bits per heavy atom. The van der Waals surface area contributed by atoms with Crippen LogP contribution < -0.4 is 0 Å². The number of halogens is 1. The lowest BCUT2D eigenvalue weighted by Crippen LogP contribution is -2.07. The van der Waals surface area contributed by atoms with Crippen molar-refractivity contribution in [3.05, 3.63) is 65.2 Å². The number of carbonyl (C=O) groups excluding carboxylic acids is 1. The smallest absolute Gasteiger partial charge is 0.339 e. The van der Waals surface area contributed by atoms with Gasteiger partial charge in [0, 0.05) is 48.5 Å². The van der Waals surface area contributed by atoms with Crippen molar-refractivity contribution in [3.63, 3.8) is 0 Å². The molecule has 1 fully saturated rings. The number of aryl methyl sites for hydroxylation is 1. The molecule has 1 aromatic carbocycles. The van der Waals surface area contributed by atoms with Crippen molar-refractivity contribution in [1.82, 2.24) is 19.6 Å². The van der Waals surface area contributed by atoms with Gasteiger partial charge in [0.25, 0.3) is 0 Å². The second-order valence-corrected chi connectivity index (χ2v) is 6.81. The maximum Gasteiger partial charge on any atom is 0.339 e. The third kappa shape index (κ3) is 2.90. The van der Waals surface area contributed by atoms with Crippen LogP contribution in [0.4, 0.5) is 0 Å². The van der Waals surface area contributed by atoms with Gasteiger partial charge in [-0.25, -0.2) is 4.79 Å². The Balaban J connectivity index is 1.76. The number of aromatic nitrogens is 4. The van der Waals surface area contributed by atoms with Gasteiger partial charge in [-0.15, -0.1) is 16.7 Å². The van der Waals surface area contributed by atoms with Gasteiger partial charge in [-0.3, -0.25) is 4.68 Å². The fourth-order valence-electron chi connectivity index (χ4n) is 3.48. The second-order valence-electron chi connectivity index (χ2n) is 6.55. The third-order valence-electron chi connectivity index (χ3n) is 4.82. The lowest BCUT2D eigenvalue weighted by molar-refractivity contribution is 0.0599. The van der Waals surface area contributed by atoms with Crippen LogP contribution in [0.1, 0.15) is 45.6 Å². The Morgan fingerprint density at radius 1 is 1.35 bits per heavy atom. The second kappa shape index (κ2) is 6.61. The van der Waals surface area contributed by atoms with Crippen molar-refractivity contribution < 1.29 is 9.53 Å². The number of methoxy groups -OCH3 is 1. The van der Waals surface area contributed by atoms with E-state index in [4.69, 9.17) is 16.3 Å². The molecule has 0 unspecified atom stereocenters. The highest BCUT2D eigenvalue weighted by atomic mass is 35.5. The molecule has 7 heteroatoms. The number of ether oxygens (including phenoxy) is 1. The number of esters is 1. The normalized spacial score (nSPS) is 18.7. The molecule has 0 aliphatic heterocycles. The van der Waals surface area contributed by atoms with Gasteiger partial charge in [0.15, 0.2) is 0 Å². The molecule has 26 heavy (non-hydrogen) atoms. The zero-order valence-electron chi connectivity index (χ0n) is 14.6. The van der Waals surface area contributed by atoms with Gasteiger partial charge in [0.05, 0.1) is 18.4 Å². The molecule has 0 amide bonds. The summed E-state index contributed by atoms with van der Waals surface area (Å²) in [6.45, 7) is 0. The quantitative estimate of drug-likeness (QED) is 0.510. The van der Waals surface area contributed by atoms with Crippen LogP contribution in [0, 0.1) is 0 Å². The number of alkyl halides is 1. The van der Waals surface area contributed by atoms with Crippen LogP contribution >= 0.6 is 11.6 Å². The molecule has 1 aliphatic rings. The number of carbonyl (C=O) groups is 1. The van der Waals surface area contributed by atoms with Crippen molar-refractivity contribution >= 4 is 17.6 Å². The third-order valence-corrected chi connectivity index (χ3v) is 5.12. The molecule has 0 bridgehead atoms. The van der Waals surface area contributed by atoms with Crippen LogP contribution in [-0.2, 0) is 17.7 Å². The molecule has 1 aliphatic carbocycles. The SMILES string of the molecule is COC(=O)c1ccn(-c2cccc(CCl)c2)c1[C@@H]1C[C@H]1c1cn(C)nn1. The molecular weight excluding hydrogens is 352 g/mol. The number of rotatable bonds is 5. The lowest BCUT2D eigenvalue weighted by Gasteiger charge is -2.12. The van der Waals surface area contributed by atoms with Gasteiger partial charge in [-0.1, -0.05) is 17.3 Å². The fraction of sp³-hybridized carbons (Fsp3) is 0.316. The Labute approximate surface area is 156 Å². The van der Waals surface area contributed by atoms with Gasteiger partial charge < -0.3 is 9.30 Å². The van der Waals surface area contributed by atoms with Crippen LogP contribution in [-0.4, -0.2) is 32.6 Å². The van der Waals surface area contributed by atoms with E-state index in [9.17, 15) is 4.79 Å². The molecule has 2 atom stereocenters. The van der Waals surface area contributed by atoms with Gasteiger partial charge in [-0.05, 0) is 30.2 Å². The average Bonchev–Trinajstić information content (AvgIpc) is 3.12. The highest BCUT2D eigenvalue weighted by molar-refractivity contribution is 6.17. The van der Waals surface area contributed by atoms with E-state index in [1.54, 1.807) is 4.68 Å². The van der Waals surface area contributed by atoms with E-state index in [-0.39, 0.29) is 17.8 Å². The lowest BCUT2D eigenvalue weighted by atomic mass is 10.1. The maximum absolute atomic E-state index is 12.3. The van der Waals surface area contributed by atoms with E-state index in [0.29, 0.717) is 11.4 Å². The number of hydrogen-bond donors (Lipinski definition) is 0. The molecule has 6 nitrogen and oxygen atoms in total. The Hall–Kier alpha value is -2.60. The van der Waals surface area contributed by atoms with E-state index in [2.05, 4.69) is 14.9 Å². The zero-order valence-corrected chi connectivity index (χ0v) is 15.3. The minimum atomic E-state index is -0.322. The molecule has 0 N–H and O–H groups in total. The first-order chi connectivity index (χ1) is 12.6. The number of hydrogen-bond acceptors (Lipinski definition) is 4. The van der Waals surface area contributed by atoms with Crippen LogP contribution in [0.2, 0.25) is 0 Å². The summed E-state index contributed by atoms with van der Waals surface area (Å²) in [5, 5.41) is 8.26. The molecule has 0 saturated heterocycles. The van der Waals surface area contributed by atoms with Gasteiger partial charge in [0.2, 0.25) is 0 Å².